The fourth-order valence-electron chi connectivity index (χ4n) is 3.61. The number of carbonyl (C=O) groups excluding carboxylic acids is 1. The van der Waals surface area contributed by atoms with Crippen molar-refractivity contribution in [3.63, 3.8) is 0 Å². The Morgan fingerprint density at radius 2 is 1.67 bits per heavy atom. The number of hydrogen-bond donors (Lipinski definition) is 0. The van der Waals surface area contributed by atoms with Crippen molar-refractivity contribution in [1.29, 1.82) is 0 Å². The number of hydrogen-bond acceptors (Lipinski definition) is 2. The van der Waals surface area contributed by atoms with E-state index in [0.29, 0.717) is 5.54 Å². The topological polar surface area (TPSA) is 26.3 Å². The summed E-state index contributed by atoms with van der Waals surface area (Å²) in [6.07, 6.45) is 4.85. The zero-order valence-electron chi connectivity index (χ0n) is 15.7. The molecular weight excluding hydrogens is 275 g/mol. The lowest BCUT2D eigenvalue weighted by atomic mass is 9.40. The van der Waals surface area contributed by atoms with E-state index in [1.807, 2.05) is 6.92 Å². The first kappa shape index (κ1) is 20.5. The summed E-state index contributed by atoms with van der Waals surface area (Å²) in [5.41, 5.74) is 0.676. The predicted octanol–water partition coefficient (Wildman–Crippen LogP) is 5.80. The molecule has 0 fully saturated rings. The van der Waals surface area contributed by atoms with Crippen LogP contribution in [0.25, 0.3) is 0 Å². The van der Waals surface area contributed by atoms with Crippen LogP contribution in [-0.2, 0) is 9.45 Å². The van der Waals surface area contributed by atoms with E-state index < -0.39 is 8.07 Å². The highest BCUT2D eigenvalue weighted by molar-refractivity contribution is 6.79. The fourth-order valence-corrected chi connectivity index (χ4v) is 5.93. The Hall–Kier alpha value is -0.508. The standard InChI is InChI=1S/C17H35BO2Si/c1-10-17(11-2,16(6)21(7,8)9)18(12-3)20-15(5)13-14(4)19/h13,16H,10-12H2,1-9H3/b15-13+. The van der Waals surface area contributed by atoms with Crippen LogP contribution < -0.4 is 0 Å². The molecule has 122 valence electrons. The Labute approximate surface area is 133 Å². The number of ketones is 1. The first-order valence-corrected chi connectivity index (χ1v) is 12.0. The summed E-state index contributed by atoms with van der Waals surface area (Å²) in [4.78, 5) is 11.3. The lowest BCUT2D eigenvalue weighted by Crippen LogP contribution is -2.44. The van der Waals surface area contributed by atoms with E-state index in [-0.39, 0.29) is 18.0 Å². The molecule has 0 heterocycles. The molecule has 0 rings (SSSR count). The second-order valence-electron chi connectivity index (χ2n) is 7.41. The molecule has 0 N–H and O–H groups in total. The van der Waals surface area contributed by atoms with Crippen molar-refractivity contribution >= 4 is 20.8 Å². The lowest BCUT2D eigenvalue weighted by Gasteiger charge is -2.46. The molecule has 0 aliphatic carbocycles. The summed E-state index contributed by atoms with van der Waals surface area (Å²) in [5, 5.41) is 0.200. The van der Waals surface area contributed by atoms with Crippen molar-refractivity contribution in [2.24, 2.45) is 0 Å². The molecule has 0 saturated carbocycles. The molecule has 0 aromatic rings. The van der Waals surface area contributed by atoms with Crippen molar-refractivity contribution in [1.82, 2.24) is 0 Å². The summed E-state index contributed by atoms with van der Waals surface area (Å²) in [5.74, 6) is 0.808. The third kappa shape index (κ3) is 5.32. The second kappa shape index (κ2) is 8.21. The average molecular weight is 310 g/mol. The molecule has 0 spiro atoms. The van der Waals surface area contributed by atoms with Gasteiger partial charge in [-0.15, -0.1) is 0 Å². The summed E-state index contributed by atoms with van der Waals surface area (Å²) >= 11 is 0. The van der Waals surface area contributed by atoms with Gasteiger partial charge >= 0.3 is 6.92 Å². The molecular formula is C17H35BO2Si. The summed E-state index contributed by atoms with van der Waals surface area (Å²) in [6.45, 7) is 20.2. The van der Waals surface area contributed by atoms with Crippen LogP contribution in [0, 0.1) is 0 Å². The van der Waals surface area contributed by atoms with Gasteiger partial charge in [0.05, 0.1) is 5.76 Å². The molecule has 4 heteroatoms. The van der Waals surface area contributed by atoms with Gasteiger partial charge < -0.3 is 4.65 Å². The maximum Gasteiger partial charge on any atom is 0.363 e. The Balaban J connectivity index is 5.54. The van der Waals surface area contributed by atoms with Crippen molar-refractivity contribution in [2.45, 2.75) is 91.2 Å². The Bertz CT molecular complexity index is 367. The van der Waals surface area contributed by atoms with Gasteiger partial charge in [-0.3, -0.25) is 4.79 Å². The van der Waals surface area contributed by atoms with Crippen molar-refractivity contribution in [3.8, 4) is 0 Å². The summed E-state index contributed by atoms with van der Waals surface area (Å²) in [6, 6.07) is 0. The minimum atomic E-state index is -1.27. The second-order valence-corrected chi connectivity index (χ2v) is 13.0. The molecule has 0 aromatic carbocycles. The van der Waals surface area contributed by atoms with Gasteiger partial charge in [0, 0.05) is 14.1 Å². The van der Waals surface area contributed by atoms with E-state index in [0.717, 1.165) is 24.9 Å². The summed E-state index contributed by atoms with van der Waals surface area (Å²) < 4.78 is 6.24. The summed E-state index contributed by atoms with van der Waals surface area (Å²) in [7, 11) is -1.27. The number of allylic oxidation sites excluding steroid dienone is 2. The number of rotatable bonds is 9. The molecule has 1 atom stereocenters. The molecule has 0 amide bonds. The van der Waals surface area contributed by atoms with Crippen LogP contribution in [0.3, 0.4) is 0 Å². The van der Waals surface area contributed by atoms with Gasteiger partial charge in [-0.05, 0) is 31.0 Å². The molecule has 2 nitrogen and oxygen atoms in total. The zero-order valence-corrected chi connectivity index (χ0v) is 16.7. The minimum absolute atomic E-state index is 0.0548. The lowest BCUT2D eigenvalue weighted by molar-refractivity contribution is -0.112. The van der Waals surface area contributed by atoms with Gasteiger partial charge in [0.25, 0.3) is 0 Å². The molecule has 0 aliphatic rings. The zero-order chi connectivity index (χ0) is 16.8. The van der Waals surface area contributed by atoms with Gasteiger partial charge in [0.1, 0.15) is 0 Å². The normalized spacial score (nSPS) is 14.8. The average Bonchev–Trinajstić information content (AvgIpc) is 2.37. The Kier molecular flexibility index (Phi) is 8.01. The van der Waals surface area contributed by atoms with Crippen LogP contribution in [0.5, 0.6) is 0 Å². The largest absolute Gasteiger partial charge is 0.563 e. The first-order valence-electron chi connectivity index (χ1n) is 8.40. The molecule has 1 unspecified atom stereocenters. The highest BCUT2D eigenvalue weighted by atomic mass is 28.3. The van der Waals surface area contributed by atoms with Crippen LogP contribution in [0.1, 0.15) is 54.4 Å². The fraction of sp³-hybridized carbons (Fsp3) is 0.824. The maximum absolute atomic E-state index is 11.3. The molecule has 21 heavy (non-hydrogen) atoms. The predicted molar refractivity (Wildman–Crippen MR) is 97.8 cm³/mol. The molecule has 0 radical (unpaired) electrons. The molecule has 0 saturated heterocycles. The Morgan fingerprint density at radius 1 is 1.19 bits per heavy atom. The third-order valence-corrected chi connectivity index (χ3v) is 8.40. The maximum atomic E-state index is 11.3. The van der Waals surface area contributed by atoms with E-state index >= 15 is 0 Å². The van der Waals surface area contributed by atoms with Crippen molar-refractivity contribution in [3.05, 3.63) is 11.8 Å². The van der Waals surface area contributed by atoms with E-state index in [9.17, 15) is 4.79 Å². The van der Waals surface area contributed by atoms with E-state index in [1.165, 1.54) is 0 Å². The van der Waals surface area contributed by atoms with E-state index in [4.69, 9.17) is 4.65 Å². The van der Waals surface area contributed by atoms with Crippen LogP contribution in [0.4, 0.5) is 0 Å². The van der Waals surface area contributed by atoms with Gasteiger partial charge in [0.2, 0.25) is 0 Å². The van der Waals surface area contributed by atoms with Gasteiger partial charge in [-0.25, -0.2) is 0 Å². The molecule has 0 bridgehead atoms. The van der Waals surface area contributed by atoms with Crippen LogP contribution in [0.2, 0.25) is 36.8 Å². The molecule has 0 aromatic heterocycles. The van der Waals surface area contributed by atoms with E-state index in [1.54, 1.807) is 13.0 Å². The smallest absolute Gasteiger partial charge is 0.363 e. The van der Waals surface area contributed by atoms with Gasteiger partial charge in [-0.1, -0.05) is 60.2 Å². The van der Waals surface area contributed by atoms with E-state index in [2.05, 4.69) is 47.3 Å². The van der Waals surface area contributed by atoms with Crippen LogP contribution in [-0.4, -0.2) is 20.8 Å². The van der Waals surface area contributed by atoms with Crippen molar-refractivity contribution in [2.75, 3.05) is 0 Å². The highest BCUT2D eigenvalue weighted by Crippen LogP contribution is 2.54. The quantitative estimate of drug-likeness (QED) is 0.306. The SMILES string of the molecule is CCB(O/C(C)=C/C(C)=O)C(CC)(CC)C(C)[Si](C)(C)C. The first-order chi connectivity index (χ1) is 9.55. The minimum Gasteiger partial charge on any atom is -0.563 e. The number of carbonyl (C=O) groups is 1. The van der Waals surface area contributed by atoms with Crippen molar-refractivity contribution < 1.29 is 9.45 Å². The monoisotopic (exact) mass is 310 g/mol. The van der Waals surface area contributed by atoms with Gasteiger partial charge in [0.15, 0.2) is 5.78 Å². The Morgan fingerprint density at radius 3 is 1.95 bits per heavy atom. The van der Waals surface area contributed by atoms with Crippen LogP contribution >= 0.6 is 0 Å². The highest BCUT2D eigenvalue weighted by Gasteiger charge is 2.49. The molecule has 0 aliphatic heterocycles. The van der Waals surface area contributed by atoms with Gasteiger partial charge in [-0.2, -0.15) is 0 Å². The van der Waals surface area contributed by atoms with Crippen LogP contribution in [0.15, 0.2) is 11.8 Å². The third-order valence-electron chi connectivity index (χ3n) is 5.22.